The van der Waals surface area contributed by atoms with Crippen LogP contribution in [-0.4, -0.2) is 35.9 Å². The van der Waals surface area contributed by atoms with Crippen molar-refractivity contribution in [3.05, 3.63) is 63.5 Å². The maximum absolute atomic E-state index is 12.7. The van der Waals surface area contributed by atoms with Crippen molar-refractivity contribution in [3.63, 3.8) is 0 Å². The number of carbonyl (C=O) groups is 1. The van der Waals surface area contributed by atoms with Crippen LogP contribution in [0.3, 0.4) is 0 Å². The number of nitrogens with zero attached hydrogens (tertiary/aromatic N) is 2. The lowest BCUT2D eigenvalue weighted by molar-refractivity contribution is -0.134. The molecule has 6 heteroatoms. The van der Waals surface area contributed by atoms with E-state index in [1.165, 1.54) is 6.07 Å². The summed E-state index contributed by atoms with van der Waals surface area (Å²) in [6.07, 6.45) is 0.805. The first-order chi connectivity index (χ1) is 11.5. The van der Waals surface area contributed by atoms with Crippen molar-refractivity contribution >= 4 is 23.2 Å². The Bertz CT molecular complexity index is 790. The molecule has 24 heavy (non-hydrogen) atoms. The average molecular weight is 346 g/mol. The van der Waals surface area contributed by atoms with Crippen LogP contribution in [0.25, 0.3) is 0 Å². The van der Waals surface area contributed by atoms with Gasteiger partial charge in [0.25, 0.3) is 0 Å². The van der Waals surface area contributed by atoms with Crippen LogP contribution >= 0.6 is 11.6 Å². The van der Waals surface area contributed by atoms with E-state index in [2.05, 4.69) is 9.88 Å². The number of hydrogen-bond donors (Lipinski definition) is 1. The lowest BCUT2D eigenvalue weighted by Gasteiger charge is -2.22. The van der Waals surface area contributed by atoms with Gasteiger partial charge >= 0.3 is 0 Å². The Hall–Kier alpha value is -2.27. The predicted octanol–water partition coefficient (Wildman–Crippen LogP) is 2.51. The van der Waals surface area contributed by atoms with E-state index >= 15 is 0 Å². The standard InChI is InChI=1S/C18H20ClN3O2/c1-21(12-14-5-4-8-17(23)20-14)18(24)13-9-10-22(11-13)16-7-3-2-6-15(16)19/h2-8,13H,9-12H2,1H3,(H,20,23). The van der Waals surface area contributed by atoms with Crippen molar-refractivity contribution < 1.29 is 4.79 Å². The average Bonchev–Trinajstić information content (AvgIpc) is 3.04. The highest BCUT2D eigenvalue weighted by Gasteiger charge is 2.31. The van der Waals surface area contributed by atoms with E-state index in [4.69, 9.17) is 11.6 Å². The van der Waals surface area contributed by atoms with Crippen molar-refractivity contribution in [2.24, 2.45) is 5.92 Å². The zero-order valence-corrected chi connectivity index (χ0v) is 14.3. The number of carbonyl (C=O) groups excluding carboxylic acids is 1. The van der Waals surface area contributed by atoms with Crippen LogP contribution in [0.5, 0.6) is 0 Å². The van der Waals surface area contributed by atoms with Crippen LogP contribution in [0, 0.1) is 5.92 Å². The summed E-state index contributed by atoms with van der Waals surface area (Å²) < 4.78 is 0. The number of rotatable bonds is 4. The molecule has 1 atom stereocenters. The SMILES string of the molecule is CN(Cc1cccc(=O)[nH]1)C(=O)C1CCN(c2ccccc2Cl)C1. The molecule has 3 rings (SSSR count). The number of anilines is 1. The first-order valence-corrected chi connectivity index (χ1v) is 8.35. The number of benzene rings is 1. The zero-order valence-electron chi connectivity index (χ0n) is 13.5. The second-order valence-corrected chi connectivity index (χ2v) is 6.52. The summed E-state index contributed by atoms with van der Waals surface area (Å²) >= 11 is 6.25. The molecule has 1 saturated heterocycles. The van der Waals surface area contributed by atoms with Gasteiger partial charge in [-0.1, -0.05) is 29.8 Å². The van der Waals surface area contributed by atoms with Crippen LogP contribution in [0.1, 0.15) is 12.1 Å². The van der Waals surface area contributed by atoms with Crippen molar-refractivity contribution in [1.82, 2.24) is 9.88 Å². The zero-order chi connectivity index (χ0) is 17.1. The number of para-hydroxylation sites is 1. The third kappa shape index (κ3) is 3.62. The van der Waals surface area contributed by atoms with Crippen LogP contribution < -0.4 is 10.5 Å². The number of H-pyrrole nitrogens is 1. The highest BCUT2D eigenvalue weighted by atomic mass is 35.5. The highest BCUT2D eigenvalue weighted by Crippen LogP contribution is 2.30. The number of nitrogens with one attached hydrogen (secondary N) is 1. The highest BCUT2D eigenvalue weighted by molar-refractivity contribution is 6.33. The molecule has 1 aromatic heterocycles. The van der Waals surface area contributed by atoms with Gasteiger partial charge in [-0.15, -0.1) is 0 Å². The predicted molar refractivity (Wildman–Crippen MR) is 95.3 cm³/mol. The van der Waals surface area contributed by atoms with Crippen LogP contribution in [0.4, 0.5) is 5.69 Å². The number of pyridine rings is 1. The Kier molecular flexibility index (Phi) is 4.90. The fraction of sp³-hybridized carbons (Fsp3) is 0.333. The monoisotopic (exact) mass is 345 g/mol. The van der Waals surface area contributed by atoms with E-state index < -0.39 is 0 Å². The van der Waals surface area contributed by atoms with E-state index in [0.717, 1.165) is 24.3 Å². The summed E-state index contributed by atoms with van der Waals surface area (Å²) in [7, 11) is 1.77. The first kappa shape index (κ1) is 16.6. The Morgan fingerprint density at radius 3 is 2.83 bits per heavy atom. The molecule has 0 aliphatic carbocycles. The minimum atomic E-state index is -0.154. The van der Waals surface area contributed by atoms with Crippen LogP contribution in [0.15, 0.2) is 47.3 Å². The molecule has 5 nitrogen and oxygen atoms in total. The molecule has 0 spiro atoms. The van der Waals surface area contributed by atoms with E-state index in [-0.39, 0.29) is 17.4 Å². The number of hydrogen-bond acceptors (Lipinski definition) is 3. The third-order valence-corrected chi connectivity index (χ3v) is 4.66. The van der Waals surface area contributed by atoms with Gasteiger partial charge in [-0.3, -0.25) is 9.59 Å². The van der Waals surface area contributed by atoms with E-state index in [1.807, 2.05) is 30.3 Å². The van der Waals surface area contributed by atoms with Crippen molar-refractivity contribution in [1.29, 1.82) is 0 Å². The maximum Gasteiger partial charge on any atom is 0.248 e. The van der Waals surface area contributed by atoms with E-state index in [1.54, 1.807) is 18.0 Å². The first-order valence-electron chi connectivity index (χ1n) is 7.97. The van der Waals surface area contributed by atoms with Gasteiger partial charge in [0.15, 0.2) is 0 Å². The van der Waals surface area contributed by atoms with Gasteiger partial charge in [-0.05, 0) is 24.6 Å². The lowest BCUT2D eigenvalue weighted by atomic mass is 10.1. The molecule has 0 bridgehead atoms. The second kappa shape index (κ2) is 7.09. The summed E-state index contributed by atoms with van der Waals surface area (Å²) in [6.45, 7) is 1.88. The molecule has 1 fully saturated rings. The van der Waals surface area contributed by atoms with Gasteiger partial charge in [-0.2, -0.15) is 0 Å². The molecule has 126 valence electrons. The molecule has 1 aromatic carbocycles. The number of amides is 1. The van der Waals surface area contributed by atoms with Gasteiger partial charge in [0.1, 0.15) is 0 Å². The number of halogens is 1. The largest absolute Gasteiger partial charge is 0.370 e. The van der Waals surface area contributed by atoms with Gasteiger partial charge in [0, 0.05) is 31.9 Å². The smallest absolute Gasteiger partial charge is 0.248 e. The minimum absolute atomic E-state index is 0.0540. The van der Waals surface area contributed by atoms with Gasteiger partial charge in [-0.25, -0.2) is 0 Å². The van der Waals surface area contributed by atoms with Crippen molar-refractivity contribution in [3.8, 4) is 0 Å². The Morgan fingerprint density at radius 1 is 1.29 bits per heavy atom. The lowest BCUT2D eigenvalue weighted by Crippen LogP contribution is -2.34. The Morgan fingerprint density at radius 2 is 2.08 bits per heavy atom. The molecule has 1 N–H and O–H groups in total. The Balaban J connectivity index is 1.64. The second-order valence-electron chi connectivity index (χ2n) is 6.12. The molecule has 0 saturated carbocycles. The summed E-state index contributed by atoms with van der Waals surface area (Å²) in [5, 5.41) is 0.709. The van der Waals surface area contributed by atoms with Gasteiger partial charge in [0.2, 0.25) is 11.5 Å². The number of aromatic nitrogens is 1. The quantitative estimate of drug-likeness (QED) is 0.926. The normalized spacial score (nSPS) is 17.1. The van der Waals surface area contributed by atoms with Crippen molar-refractivity contribution in [2.45, 2.75) is 13.0 Å². The molecular weight excluding hydrogens is 326 g/mol. The summed E-state index contributed by atoms with van der Waals surface area (Å²) in [4.78, 5) is 30.6. The summed E-state index contributed by atoms with van der Waals surface area (Å²) in [5.74, 6) is 0.0379. The fourth-order valence-electron chi connectivity index (χ4n) is 3.12. The Labute approximate surface area is 145 Å². The molecule has 1 aliphatic heterocycles. The minimum Gasteiger partial charge on any atom is -0.370 e. The van der Waals surface area contributed by atoms with Crippen LogP contribution in [-0.2, 0) is 11.3 Å². The van der Waals surface area contributed by atoms with Crippen molar-refractivity contribution in [2.75, 3.05) is 25.0 Å². The third-order valence-electron chi connectivity index (χ3n) is 4.34. The molecule has 0 radical (unpaired) electrons. The fourth-order valence-corrected chi connectivity index (χ4v) is 3.37. The van der Waals surface area contributed by atoms with E-state index in [0.29, 0.717) is 18.1 Å². The number of aromatic amines is 1. The molecule has 2 heterocycles. The molecule has 1 aliphatic rings. The summed E-state index contributed by atoms with van der Waals surface area (Å²) in [5.41, 5.74) is 1.56. The molecule has 2 aromatic rings. The van der Waals surface area contributed by atoms with Gasteiger partial charge < -0.3 is 14.8 Å². The summed E-state index contributed by atoms with van der Waals surface area (Å²) in [6, 6.07) is 12.7. The molecular formula is C18H20ClN3O2. The molecule has 1 unspecified atom stereocenters. The van der Waals surface area contributed by atoms with Crippen LogP contribution in [0.2, 0.25) is 5.02 Å². The maximum atomic E-state index is 12.7. The topological polar surface area (TPSA) is 56.4 Å². The molecule has 1 amide bonds. The van der Waals surface area contributed by atoms with Gasteiger partial charge in [0.05, 0.1) is 23.2 Å². The van der Waals surface area contributed by atoms with E-state index in [9.17, 15) is 9.59 Å².